The van der Waals surface area contributed by atoms with Gasteiger partial charge >= 0.3 is 0 Å². The third-order valence-electron chi connectivity index (χ3n) is 2.86. The second-order valence-electron chi connectivity index (χ2n) is 4.25. The smallest absolute Gasteiger partial charge is 0.287 e. The maximum atomic E-state index is 11.7. The normalized spacial score (nSPS) is 10.5. The van der Waals surface area contributed by atoms with Crippen LogP contribution in [0.1, 0.15) is 10.6 Å². The summed E-state index contributed by atoms with van der Waals surface area (Å²) in [5, 5.41) is 2.78. The molecular formula is C14H13N5O2. The highest BCUT2D eigenvalue weighted by Crippen LogP contribution is 2.10. The minimum absolute atomic E-state index is 0.238. The number of hydrogen-bond donors (Lipinski definition) is 1. The van der Waals surface area contributed by atoms with E-state index in [-0.39, 0.29) is 5.91 Å². The van der Waals surface area contributed by atoms with E-state index in [4.69, 9.17) is 4.42 Å². The van der Waals surface area contributed by atoms with E-state index in [0.29, 0.717) is 30.5 Å². The Morgan fingerprint density at radius 3 is 2.81 bits per heavy atom. The number of carbonyl (C=O) groups is 1. The summed E-state index contributed by atoms with van der Waals surface area (Å²) in [5.74, 6) is 1.28. The van der Waals surface area contributed by atoms with Gasteiger partial charge < -0.3 is 14.3 Å². The van der Waals surface area contributed by atoms with Gasteiger partial charge in [0.1, 0.15) is 0 Å². The van der Waals surface area contributed by atoms with E-state index >= 15 is 0 Å². The molecule has 0 unspecified atom stereocenters. The minimum atomic E-state index is -0.238. The molecule has 21 heavy (non-hydrogen) atoms. The van der Waals surface area contributed by atoms with E-state index in [1.54, 1.807) is 36.8 Å². The fraction of sp³-hybridized carbons (Fsp3) is 0.143. The summed E-state index contributed by atoms with van der Waals surface area (Å²) in [6.45, 7) is 1.02. The van der Waals surface area contributed by atoms with Gasteiger partial charge in [-0.3, -0.25) is 4.79 Å². The maximum absolute atomic E-state index is 11.7. The summed E-state index contributed by atoms with van der Waals surface area (Å²) in [4.78, 5) is 24.3. The molecule has 0 aliphatic heterocycles. The SMILES string of the molecule is O=C(NCCn1ccnc1-c1ncccn1)c1ccco1. The molecule has 0 fully saturated rings. The molecule has 3 heterocycles. The summed E-state index contributed by atoms with van der Waals surface area (Å²) >= 11 is 0. The molecule has 3 aromatic rings. The number of aromatic nitrogens is 4. The van der Waals surface area contributed by atoms with Gasteiger partial charge in [-0.25, -0.2) is 15.0 Å². The second-order valence-corrected chi connectivity index (χ2v) is 4.25. The molecule has 3 aromatic heterocycles. The number of furan rings is 1. The number of amides is 1. The lowest BCUT2D eigenvalue weighted by molar-refractivity contribution is 0.0924. The summed E-state index contributed by atoms with van der Waals surface area (Å²) in [6, 6.07) is 5.05. The summed E-state index contributed by atoms with van der Waals surface area (Å²) in [5.41, 5.74) is 0. The Balaban J connectivity index is 1.62. The van der Waals surface area contributed by atoms with Crippen LogP contribution in [0.25, 0.3) is 11.6 Å². The highest BCUT2D eigenvalue weighted by atomic mass is 16.3. The van der Waals surface area contributed by atoms with E-state index < -0.39 is 0 Å². The van der Waals surface area contributed by atoms with Crippen molar-refractivity contribution in [3.63, 3.8) is 0 Å². The van der Waals surface area contributed by atoms with Gasteiger partial charge in [0, 0.05) is 37.9 Å². The number of hydrogen-bond acceptors (Lipinski definition) is 5. The number of nitrogens with zero attached hydrogens (tertiary/aromatic N) is 4. The summed E-state index contributed by atoms with van der Waals surface area (Å²) < 4.78 is 6.91. The fourth-order valence-electron chi connectivity index (χ4n) is 1.90. The van der Waals surface area contributed by atoms with Gasteiger partial charge in [-0.05, 0) is 18.2 Å². The molecule has 0 atom stereocenters. The first-order chi connectivity index (χ1) is 10.3. The van der Waals surface area contributed by atoms with Gasteiger partial charge in [0.05, 0.1) is 6.26 Å². The third-order valence-corrected chi connectivity index (χ3v) is 2.86. The van der Waals surface area contributed by atoms with Crippen LogP contribution in [0.5, 0.6) is 0 Å². The number of imidazole rings is 1. The Hall–Kier alpha value is -2.96. The van der Waals surface area contributed by atoms with Crippen LogP contribution in [0.15, 0.2) is 53.7 Å². The van der Waals surface area contributed by atoms with Gasteiger partial charge in [0.2, 0.25) is 0 Å². The van der Waals surface area contributed by atoms with Crippen LogP contribution < -0.4 is 5.32 Å². The van der Waals surface area contributed by atoms with Crippen molar-refractivity contribution in [2.24, 2.45) is 0 Å². The molecule has 3 rings (SSSR count). The van der Waals surface area contributed by atoms with Crippen molar-refractivity contribution in [3.05, 3.63) is 55.0 Å². The van der Waals surface area contributed by atoms with Crippen LogP contribution in [0.2, 0.25) is 0 Å². The Morgan fingerprint density at radius 2 is 2.05 bits per heavy atom. The predicted molar refractivity (Wildman–Crippen MR) is 74.3 cm³/mol. The Kier molecular flexibility index (Phi) is 3.72. The first kappa shape index (κ1) is 13.0. The standard InChI is InChI=1S/C14H13N5O2/c20-14(11-3-1-10-21-11)18-7-9-19-8-6-17-13(19)12-15-4-2-5-16-12/h1-6,8,10H,7,9H2,(H,18,20). The second kappa shape index (κ2) is 6.00. The first-order valence-corrected chi connectivity index (χ1v) is 6.45. The lowest BCUT2D eigenvalue weighted by Gasteiger charge is -2.07. The monoisotopic (exact) mass is 283 g/mol. The van der Waals surface area contributed by atoms with Crippen molar-refractivity contribution in [1.82, 2.24) is 24.8 Å². The largest absolute Gasteiger partial charge is 0.459 e. The van der Waals surface area contributed by atoms with Crippen LogP contribution >= 0.6 is 0 Å². The van der Waals surface area contributed by atoms with Gasteiger partial charge in [-0.1, -0.05) is 0 Å². The molecule has 0 aromatic carbocycles. The third kappa shape index (κ3) is 2.97. The van der Waals surface area contributed by atoms with Crippen LogP contribution in [0, 0.1) is 0 Å². The average Bonchev–Trinajstić information content (AvgIpc) is 3.20. The van der Waals surface area contributed by atoms with Crippen molar-refractivity contribution in [2.75, 3.05) is 6.54 Å². The molecule has 1 N–H and O–H groups in total. The molecule has 1 amide bonds. The van der Waals surface area contributed by atoms with Gasteiger partial charge in [-0.2, -0.15) is 0 Å². The van der Waals surface area contributed by atoms with Gasteiger partial charge in [0.15, 0.2) is 17.4 Å². The quantitative estimate of drug-likeness (QED) is 0.764. The Morgan fingerprint density at radius 1 is 1.19 bits per heavy atom. The molecule has 0 saturated carbocycles. The lowest BCUT2D eigenvalue weighted by Crippen LogP contribution is -2.27. The number of carbonyl (C=O) groups excluding carboxylic acids is 1. The number of nitrogens with one attached hydrogen (secondary N) is 1. The van der Waals surface area contributed by atoms with Crippen molar-refractivity contribution >= 4 is 5.91 Å². The van der Waals surface area contributed by atoms with Crippen molar-refractivity contribution in [2.45, 2.75) is 6.54 Å². The highest BCUT2D eigenvalue weighted by molar-refractivity contribution is 5.91. The Bertz CT molecular complexity index is 706. The van der Waals surface area contributed by atoms with Crippen LogP contribution in [0.4, 0.5) is 0 Å². The van der Waals surface area contributed by atoms with Gasteiger partial charge in [0.25, 0.3) is 5.91 Å². The predicted octanol–water partition coefficient (Wildman–Crippen LogP) is 1.36. The van der Waals surface area contributed by atoms with E-state index in [0.717, 1.165) is 0 Å². The van der Waals surface area contributed by atoms with E-state index in [2.05, 4.69) is 20.3 Å². The van der Waals surface area contributed by atoms with Gasteiger partial charge in [-0.15, -0.1) is 0 Å². The molecule has 0 bridgehead atoms. The van der Waals surface area contributed by atoms with E-state index in [9.17, 15) is 4.79 Å². The molecule has 7 nitrogen and oxygen atoms in total. The zero-order valence-corrected chi connectivity index (χ0v) is 11.1. The molecule has 0 aliphatic rings. The minimum Gasteiger partial charge on any atom is -0.459 e. The van der Waals surface area contributed by atoms with Crippen molar-refractivity contribution in [1.29, 1.82) is 0 Å². The van der Waals surface area contributed by atoms with Crippen LogP contribution in [-0.4, -0.2) is 32.0 Å². The fourth-order valence-corrected chi connectivity index (χ4v) is 1.90. The molecule has 0 spiro atoms. The van der Waals surface area contributed by atoms with E-state index in [1.165, 1.54) is 6.26 Å². The molecule has 0 saturated heterocycles. The van der Waals surface area contributed by atoms with E-state index in [1.807, 2.05) is 10.8 Å². The number of rotatable bonds is 5. The molecule has 7 heteroatoms. The zero-order chi connectivity index (χ0) is 14.5. The van der Waals surface area contributed by atoms with Crippen molar-refractivity contribution in [3.8, 4) is 11.6 Å². The summed E-state index contributed by atoms with van der Waals surface area (Å²) in [7, 11) is 0. The molecule has 0 radical (unpaired) electrons. The molecule has 0 aliphatic carbocycles. The maximum Gasteiger partial charge on any atom is 0.287 e. The first-order valence-electron chi connectivity index (χ1n) is 6.45. The van der Waals surface area contributed by atoms with Crippen molar-refractivity contribution < 1.29 is 9.21 Å². The average molecular weight is 283 g/mol. The highest BCUT2D eigenvalue weighted by Gasteiger charge is 2.10. The molecule has 106 valence electrons. The van der Waals surface area contributed by atoms with Crippen LogP contribution in [-0.2, 0) is 6.54 Å². The Labute approximate surface area is 120 Å². The summed E-state index contributed by atoms with van der Waals surface area (Å²) in [6.07, 6.45) is 8.31. The molecular weight excluding hydrogens is 270 g/mol. The lowest BCUT2D eigenvalue weighted by atomic mass is 10.4. The van der Waals surface area contributed by atoms with Crippen LogP contribution in [0.3, 0.4) is 0 Å². The topological polar surface area (TPSA) is 85.8 Å². The zero-order valence-electron chi connectivity index (χ0n) is 11.1.